The topological polar surface area (TPSA) is 88.3 Å². The van der Waals surface area contributed by atoms with Crippen molar-refractivity contribution in [2.75, 3.05) is 13.1 Å². The Kier molecular flexibility index (Phi) is 4.60. The number of nitrogens with zero attached hydrogens (tertiary/aromatic N) is 4. The first kappa shape index (κ1) is 18.3. The van der Waals surface area contributed by atoms with Crippen LogP contribution in [0.15, 0.2) is 29.2 Å². The quantitative estimate of drug-likeness (QED) is 0.842. The van der Waals surface area contributed by atoms with Crippen molar-refractivity contribution in [3.8, 4) is 5.75 Å². The molecule has 0 bridgehead atoms. The number of carbonyl (C=O) groups is 1. The van der Waals surface area contributed by atoms with Crippen molar-refractivity contribution < 1.29 is 9.90 Å². The summed E-state index contributed by atoms with van der Waals surface area (Å²) in [5.74, 6) is 0.539. The highest BCUT2D eigenvalue weighted by Gasteiger charge is 2.38. The smallest absolute Gasteiger partial charge is 0.315 e. The molecule has 2 aromatic rings. The van der Waals surface area contributed by atoms with Crippen LogP contribution in [0.25, 0.3) is 0 Å². The summed E-state index contributed by atoms with van der Waals surface area (Å²) >= 11 is 0. The molecule has 0 radical (unpaired) electrons. The van der Waals surface area contributed by atoms with E-state index in [9.17, 15) is 14.7 Å². The molecule has 2 fully saturated rings. The largest absolute Gasteiger partial charge is 0.501 e. The first-order valence-corrected chi connectivity index (χ1v) is 10.7. The molecule has 0 spiro atoms. The number of amides is 1. The third-order valence-electron chi connectivity index (χ3n) is 6.60. The number of rotatable bonds is 5. The minimum absolute atomic E-state index is 0.103. The summed E-state index contributed by atoms with van der Waals surface area (Å²) in [6.45, 7) is 1.83. The van der Waals surface area contributed by atoms with E-state index in [1.807, 2.05) is 18.2 Å². The molecule has 2 saturated carbocycles. The third-order valence-corrected chi connectivity index (χ3v) is 6.60. The molecule has 2 aromatic heterocycles. The standard InChI is InChI=1S/C22H26N4O3/c27-19-18-22(29)25(13-14-8-9-14)11-12-26(18)20(24-21(19)28)17(15-5-1-2-6-15)16-7-3-4-10-23-16/h3-4,7,10,14-15,17,27H,1-2,5-6,8-9,11-13H2. The Morgan fingerprint density at radius 2 is 1.90 bits per heavy atom. The predicted molar refractivity (Wildman–Crippen MR) is 107 cm³/mol. The molecule has 152 valence electrons. The van der Waals surface area contributed by atoms with Crippen LogP contribution in [0.2, 0.25) is 0 Å². The van der Waals surface area contributed by atoms with Crippen molar-refractivity contribution in [3.63, 3.8) is 0 Å². The van der Waals surface area contributed by atoms with Crippen molar-refractivity contribution in [2.45, 2.75) is 51.0 Å². The van der Waals surface area contributed by atoms with E-state index in [1.54, 1.807) is 15.7 Å². The summed E-state index contributed by atoms with van der Waals surface area (Å²) < 4.78 is 1.79. The molecule has 5 rings (SSSR count). The Balaban J connectivity index is 1.63. The molecule has 1 aliphatic heterocycles. The maximum atomic E-state index is 13.1. The summed E-state index contributed by atoms with van der Waals surface area (Å²) in [6, 6.07) is 5.79. The van der Waals surface area contributed by atoms with Gasteiger partial charge >= 0.3 is 5.56 Å². The Labute approximate surface area is 169 Å². The molecule has 7 nitrogen and oxygen atoms in total. The Bertz CT molecular complexity index is 978. The fourth-order valence-corrected chi connectivity index (χ4v) is 4.94. The Morgan fingerprint density at radius 1 is 1.10 bits per heavy atom. The molecule has 3 aliphatic rings. The van der Waals surface area contributed by atoms with E-state index >= 15 is 0 Å². The number of fused-ring (bicyclic) bond motifs is 1. The number of pyridine rings is 1. The van der Waals surface area contributed by atoms with Gasteiger partial charge in [-0.15, -0.1) is 0 Å². The lowest BCUT2D eigenvalue weighted by Crippen LogP contribution is -2.44. The highest BCUT2D eigenvalue weighted by atomic mass is 16.3. The first-order chi connectivity index (χ1) is 14.1. The van der Waals surface area contributed by atoms with Crippen molar-refractivity contribution in [3.05, 3.63) is 52.0 Å². The maximum absolute atomic E-state index is 13.1. The Hall–Kier alpha value is -2.70. The van der Waals surface area contributed by atoms with E-state index in [0.29, 0.717) is 37.3 Å². The minimum atomic E-state index is -0.716. The third kappa shape index (κ3) is 3.32. The van der Waals surface area contributed by atoms with Gasteiger partial charge in [-0.25, -0.2) is 0 Å². The zero-order valence-electron chi connectivity index (χ0n) is 16.5. The number of hydrogen-bond acceptors (Lipinski definition) is 5. The van der Waals surface area contributed by atoms with E-state index in [0.717, 1.165) is 44.2 Å². The number of aromatic nitrogens is 3. The molecule has 2 aliphatic carbocycles. The second-order valence-corrected chi connectivity index (χ2v) is 8.60. The van der Waals surface area contributed by atoms with E-state index in [2.05, 4.69) is 9.97 Å². The van der Waals surface area contributed by atoms with Crippen LogP contribution < -0.4 is 5.56 Å². The van der Waals surface area contributed by atoms with E-state index < -0.39 is 11.3 Å². The molecule has 1 amide bonds. The predicted octanol–water partition coefficient (Wildman–Crippen LogP) is 2.53. The molecule has 1 N–H and O–H groups in total. The second kappa shape index (κ2) is 7.28. The van der Waals surface area contributed by atoms with Gasteiger partial charge in [0.2, 0.25) is 5.75 Å². The second-order valence-electron chi connectivity index (χ2n) is 8.60. The maximum Gasteiger partial charge on any atom is 0.315 e. The van der Waals surface area contributed by atoms with Gasteiger partial charge in [-0.2, -0.15) is 4.98 Å². The van der Waals surface area contributed by atoms with Gasteiger partial charge in [0, 0.05) is 25.8 Å². The van der Waals surface area contributed by atoms with Gasteiger partial charge in [-0.3, -0.25) is 14.6 Å². The summed E-state index contributed by atoms with van der Waals surface area (Å²) in [5.41, 5.74) is 0.261. The van der Waals surface area contributed by atoms with E-state index in [-0.39, 0.29) is 17.5 Å². The van der Waals surface area contributed by atoms with Crippen molar-refractivity contribution in [1.29, 1.82) is 0 Å². The van der Waals surface area contributed by atoms with E-state index in [1.165, 1.54) is 0 Å². The molecule has 0 aromatic carbocycles. The lowest BCUT2D eigenvalue weighted by Gasteiger charge is -2.34. The summed E-state index contributed by atoms with van der Waals surface area (Å²) in [5, 5.41) is 10.5. The van der Waals surface area contributed by atoms with Gasteiger partial charge in [0.25, 0.3) is 5.91 Å². The Morgan fingerprint density at radius 3 is 2.59 bits per heavy atom. The van der Waals surface area contributed by atoms with Gasteiger partial charge in [0.05, 0.1) is 11.6 Å². The van der Waals surface area contributed by atoms with Gasteiger partial charge < -0.3 is 14.6 Å². The first-order valence-electron chi connectivity index (χ1n) is 10.7. The average molecular weight is 394 g/mol. The van der Waals surface area contributed by atoms with Crippen LogP contribution in [0.1, 0.15) is 66.4 Å². The molecule has 1 unspecified atom stereocenters. The molecular formula is C22H26N4O3. The number of hydrogen-bond donors (Lipinski definition) is 1. The van der Waals surface area contributed by atoms with Crippen molar-refractivity contribution in [2.24, 2.45) is 11.8 Å². The van der Waals surface area contributed by atoms with Gasteiger partial charge in [-0.05, 0) is 49.7 Å². The zero-order valence-corrected chi connectivity index (χ0v) is 16.5. The van der Waals surface area contributed by atoms with Crippen molar-refractivity contribution in [1.82, 2.24) is 19.4 Å². The van der Waals surface area contributed by atoms with Gasteiger partial charge in [0.15, 0.2) is 5.69 Å². The summed E-state index contributed by atoms with van der Waals surface area (Å²) in [6.07, 6.45) is 8.45. The average Bonchev–Trinajstić information content (AvgIpc) is 3.39. The molecule has 0 saturated heterocycles. The lowest BCUT2D eigenvalue weighted by atomic mass is 9.86. The fraction of sp³-hybridized carbons (Fsp3) is 0.545. The number of carbonyl (C=O) groups excluding carboxylic acids is 1. The van der Waals surface area contributed by atoms with Crippen LogP contribution in [0.3, 0.4) is 0 Å². The van der Waals surface area contributed by atoms with E-state index in [4.69, 9.17) is 0 Å². The fourth-order valence-electron chi connectivity index (χ4n) is 4.94. The SMILES string of the molecule is O=C1c2c(O)c(=O)nc(C(c3ccccn3)C3CCCC3)n2CCN1CC1CC1. The molecule has 29 heavy (non-hydrogen) atoms. The summed E-state index contributed by atoms with van der Waals surface area (Å²) in [7, 11) is 0. The summed E-state index contributed by atoms with van der Waals surface area (Å²) in [4.78, 5) is 36.4. The van der Waals surface area contributed by atoms with Crippen LogP contribution >= 0.6 is 0 Å². The van der Waals surface area contributed by atoms with Crippen molar-refractivity contribution >= 4 is 5.91 Å². The zero-order chi connectivity index (χ0) is 20.0. The van der Waals surface area contributed by atoms with Crippen LogP contribution in [0, 0.1) is 11.8 Å². The van der Waals surface area contributed by atoms with Crippen LogP contribution in [-0.2, 0) is 6.54 Å². The van der Waals surface area contributed by atoms with Crippen LogP contribution in [-0.4, -0.2) is 43.5 Å². The molecular weight excluding hydrogens is 368 g/mol. The van der Waals surface area contributed by atoms with Crippen LogP contribution in [0.5, 0.6) is 5.75 Å². The normalized spacial score (nSPS) is 20.7. The molecule has 3 heterocycles. The van der Waals surface area contributed by atoms with Gasteiger partial charge in [-0.1, -0.05) is 18.9 Å². The highest BCUT2D eigenvalue weighted by Crippen LogP contribution is 2.41. The number of aromatic hydroxyl groups is 1. The molecule has 1 atom stereocenters. The van der Waals surface area contributed by atoms with Gasteiger partial charge in [0.1, 0.15) is 5.82 Å². The minimum Gasteiger partial charge on any atom is -0.501 e. The lowest BCUT2D eigenvalue weighted by molar-refractivity contribution is 0.0683. The van der Waals surface area contributed by atoms with Crippen LogP contribution in [0.4, 0.5) is 0 Å². The molecule has 7 heteroatoms. The monoisotopic (exact) mass is 394 g/mol. The highest BCUT2D eigenvalue weighted by molar-refractivity contribution is 5.95.